The third-order valence-corrected chi connectivity index (χ3v) is 8.83. The summed E-state index contributed by atoms with van der Waals surface area (Å²) in [4.78, 5) is 10.5. The zero-order valence-corrected chi connectivity index (χ0v) is 24.0. The number of allylic oxidation sites excluding steroid dienone is 1. The lowest BCUT2D eigenvalue weighted by Gasteiger charge is -2.18. The van der Waals surface area contributed by atoms with Crippen LogP contribution >= 0.6 is 0 Å². The lowest BCUT2D eigenvalue weighted by atomic mass is 10.0. The van der Waals surface area contributed by atoms with Crippen LogP contribution in [-0.2, 0) is 0 Å². The van der Waals surface area contributed by atoms with Gasteiger partial charge in [0, 0.05) is 27.1 Å². The molecule has 0 radical (unpaired) electrons. The van der Waals surface area contributed by atoms with Crippen molar-refractivity contribution in [3.63, 3.8) is 0 Å². The molecule has 8 aromatic rings. The smallest absolute Gasteiger partial charge is 0.138 e. The first kappa shape index (κ1) is 24.8. The first-order valence-electron chi connectivity index (χ1n) is 15.1. The normalized spacial score (nSPS) is 15.0. The molecule has 208 valence electrons. The Morgan fingerprint density at radius 2 is 1.16 bits per heavy atom. The van der Waals surface area contributed by atoms with E-state index in [9.17, 15) is 0 Å². The fourth-order valence-electron chi connectivity index (χ4n) is 6.82. The number of para-hydroxylation sites is 2. The second-order valence-electron chi connectivity index (χ2n) is 11.4. The average molecular weight is 565 g/mol. The van der Waals surface area contributed by atoms with Crippen molar-refractivity contribution < 1.29 is 0 Å². The van der Waals surface area contributed by atoms with Crippen LogP contribution in [-0.4, -0.2) is 20.0 Å². The minimum atomic E-state index is 0.0903. The Bertz CT molecular complexity index is 2410. The summed E-state index contributed by atoms with van der Waals surface area (Å²) in [6.07, 6.45) is 5.33. The number of benzene rings is 5. The minimum Gasteiger partial charge on any atom is -0.294 e. The van der Waals surface area contributed by atoms with E-state index in [4.69, 9.17) is 9.98 Å². The Morgan fingerprint density at radius 3 is 1.91 bits per heavy atom. The van der Waals surface area contributed by atoms with Crippen LogP contribution in [0.5, 0.6) is 0 Å². The number of aliphatic imine (C=N–C) groups is 1. The van der Waals surface area contributed by atoms with Crippen LogP contribution in [0.1, 0.15) is 18.0 Å². The fraction of sp³-hybridized carbons (Fsp3) is 0.0500. The molecule has 0 N–H and O–H groups in total. The molecule has 0 bridgehead atoms. The second kappa shape index (κ2) is 9.92. The molecule has 1 unspecified atom stereocenters. The van der Waals surface area contributed by atoms with E-state index in [1.54, 1.807) is 0 Å². The van der Waals surface area contributed by atoms with Crippen molar-refractivity contribution in [3.05, 3.63) is 157 Å². The Hall–Kier alpha value is -5.74. The molecule has 4 heteroatoms. The van der Waals surface area contributed by atoms with Crippen LogP contribution < -0.4 is 0 Å². The van der Waals surface area contributed by atoms with Gasteiger partial charge >= 0.3 is 0 Å². The van der Waals surface area contributed by atoms with E-state index in [1.807, 2.05) is 6.07 Å². The molecule has 1 aliphatic rings. The van der Waals surface area contributed by atoms with Crippen molar-refractivity contribution in [2.75, 3.05) is 0 Å². The summed E-state index contributed by atoms with van der Waals surface area (Å²) in [6.45, 7) is 0. The van der Waals surface area contributed by atoms with Gasteiger partial charge in [-0.25, -0.2) is 4.98 Å². The number of pyridine rings is 1. The van der Waals surface area contributed by atoms with Gasteiger partial charge in [0.05, 0.1) is 33.8 Å². The SMILES string of the molecule is C1=CC(n2c3ccccc3c3cc4c5ccccc5n(-c5cccc(-c6ccccc6)n5)c4cc32)=NC(c2ccccc2)C1. The van der Waals surface area contributed by atoms with Crippen LogP contribution in [0.3, 0.4) is 0 Å². The third-order valence-electron chi connectivity index (χ3n) is 8.83. The molecule has 1 aliphatic heterocycles. The number of hydrogen-bond acceptors (Lipinski definition) is 2. The molecule has 4 heterocycles. The van der Waals surface area contributed by atoms with Gasteiger partial charge in [-0.3, -0.25) is 14.1 Å². The molecule has 0 saturated heterocycles. The number of hydrogen-bond donors (Lipinski definition) is 0. The summed E-state index contributed by atoms with van der Waals surface area (Å²) >= 11 is 0. The maximum Gasteiger partial charge on any atom is 0.138 e. The molecule has 9 rings (SSSR count). The molecule has 0 saturated carbocycles. The molecule has 0 spiro atoms. The Labute approximate surface area is 254 Å². The average Bonchev–Trinajstić information content (AvgIpc) is 3.60. The van der Waals surface area contributed by atoms with E-state index >= 15 is 0 Å². The molecule has 0 fully saturated rings. The van der Waals surface area contributed by atoms with Gasteiger partial charge in [0.25, 0.3) is 0 Å². The van der Waals surface area contributed by atoms with Crippen LogP contribution in [0.2, 0.25) is 0 Å². The van der Waals surface area contributed by atoms with Crippen LogP contribution in [0.15, 0.2) is 157 Å². The lowest BCUT2D eigenvalue weighted by molar-refractivity contribution is 0.731. The summed E-state index contributed by atoms with van der Waals surface area (Å²) in [5, 5.41) is 4.88. The van der Waals surface area contributed by atoms with Gasteiger partial charge in [0.2, 0.25) is 0 Å². The summed E-state index contributed by atoms with van der Waals surface area (Å²) in [7, 11) is 0. The summed E-state index contributed by atoms with van der Waals surface area (Å²) in [5.41, 5.74) is 7.86. The molecule has 1 atom stereocenters. The van der Waals surface area contributed by atoms with Gasteiger partial charge in [-0.2, -0.15) is 0 Å². The number of rotatable bonds is 3. The van der Waals surface area contributed by atoms with E-state index in [-0.39, 0.29) is 6.04 Å². The van der Waals surface area contributed by atoms with Gasteiger partial charge in [-0.1, -0.05) is 109 Å². The van der Waals surface area contributed by atoms with E-state index in [1.165, 1.54) is 27.1 Å². The van der Waals surface area contributed by atoms with E-state index < -0.39 is 0 Å². The van der Waals surface area contributed by atoms with Crippen molar-refractivity contribution in [1.82, 2.24) is 14.1 Å². The molecule has 0 amide bonds. The summed E-state index contributed by atoms with van der Waals surface area (Å²) in [5.74, 6) is 1.86. The highest BCUT2D eigenvalue weighted by Gasteiger charge is 2.21. The third kappa shape index (κ3) is 3.85. The zero-order chi connectivity index (χ0) is 29.0. The lowest BCUT2D eigenvalue weighted by Crippen LogP contribution is -2.14. The highest BCUT2D eigenvalue weighted by atomic mass is 15.1. The largest absolute Gasteiger partial charge is 0.294 e. The highest BCUT2D eigenvalue weighted by molar-refractivity contribution is 6.22. The predicted octanol–water partition coefficient (Wildman–Crippen LogP) is 9.90. The van der Waals surface area contributed by atoms with Gasteiger partial charge < -0.3 is 0 Å². The molecular weight excluding hydrogens is 536 g/mol. The molecule has 5 aromatic carbocycles. The summed E-state index contributed by atoms with van der Waals surface area (Å²) < 4.78 is 4.65. The fourth-order valence-corrected chi connectivity index (χ4v) is 6.82. The van der Waals surface area contributed by atoms with Crippen molar-refractivity contribution in [1.29, 1.82) is 0 Å². The van der Waals surface area contributed by atoms with Crippen molar-refractivity contribution >= 4 is 49.4 Å². The van der Waals surface area contributed by atoms with Gasteiger partial charge in [-0.15, -0.1) is 0 Å². The molecular formula is C40H28N4. The highest BCUT2D eigenvalue weighted by Crippen LogP contribution is 2.39. The van der Waals surface area contributed by atoms with Crippen molar-refractivity contribution in [2.24, 2.45) is 4.99 Å². The first-order chi connectivity index (χ1) is 21.8. The number of dihydropyridines is 1. The Balaban J connectivity index is 1.33. The molecule has 0 aliphatic carbocycles. The van der Waals surface area contributed by atoms with Gasteiger partial charge in [-0.05, 0) is 54.5 Å². The first-order valence-corrected chi connectivity index (χ1v) is 15.1. The number of nitrogens with zero attached hydrogens (tertiary/aromatic N) is 4. The van der Waals surface area contributed by atoms with Crippen molar-refractivity contribution in [3.8, 4) is 17.1 Å². The molecule has 3 aromatic heterocycles. The maximum atomic E-state index is 5.32. The van der Waals surface area contributed by atoms with E-state index in [0.29, 0.717) is 0 Å². The number of fused-ring (bicyclic) bond motifs is 6. The predicted molar refractivity (Wildman–Crippen MR) is 183 cm³/mol. The van der Waals surface area contributed by atoms with Crippen LogP contribution in [0.4, 0.5) is 0 Å². The zero-order valence-electron chi connectivity index (χ0n) is 24.0. The topological polar surface area (TPSA) is 35.1 Å². The van der Waals surface area contributed by atoms with Gasteiger partial charge in [0.1, 0.15) is 11.7 Å². The van der Waals surface area contributed by atoms with Crippen molar-refractivity contribution in [2.45, 2.75) is 12.5 Å². The molecule has 44 heavy (non-hydrogen) atoms. The van der Waals surface area contributed by atoms with Crippen LogP contribution in [0.25, 0.3) is 60.7 Å². The quantitative estimate of drug-likeness (QED) is 0.210. The second-order valence-corrected chi connectivity index (χ2v) is 11.4. The van der Waals surface area contributed by atoms with Gasteiger partial charge in [0.15, 0.2) is 0 Å². The monoisotopic (exact) mass is 564 g/mol. The molecule has 4 nitrogen and oxygen atoms in total. The van der Waals surface area contributed by atoms with E-state index in [2.05, 4.69) is 155 Å². The summed E-state index contributed by atoms with van der Waals surface area (Å²) in [6, 6.07) is 49.4. The van der Waals surface area contributed by atoms with Crippen LogP contribution in [0, 0.1) is 0 Å². The standard InChI is InChI=1S/C40H28N4/c1-3-13-27(14-4-1)33-19-11-23-39(41-33)43-35-21-9-7-17-29(35)31-25-32-30-18-8-10-22-36(30)44(38(32)26-37(31)43)40-24-12-20-34(42-40)28-15-5-2-6-16-28/h1-19,21-26,34H,20H2. The van der Waals surface area contributed by atoms with E-state index in [0.717, 1.165) is 51.4 Å². The maximum absolute atomic E-state index is 5.32. The Morgan fingerprint density at radius 1 is 0.523 bits per heavy atom. The number of aromatic nitrogens is 3. The minimum absolute atomic E-state index is 0.0903. The Kier molecular flexibility index (Phi) is 5.60.